The molecule has 1 amide bonds. The number of hydrogen-bond donors (Lipinski definition) is 7. The van der Waals surface area contributed by atoms with Gasteiger partial charge in [-0.1, -0.05) is 0 Å². The molecule has 0 saturated carbocycles. The van der Waals surface area contributed by atoms with E-state index in [1.54, 1.807) is 19.2 Å². The van der Waals surface area contributed by atoms with Gasteiger partial charge in [0.1, 0.15) is 66.9 Å². The predicted molar refractivity (Wildman–Crippen MR) is 162 cm³/mol. The minimum absolute atomic E-state index is 0.00502. The number of carbonyl (C=O) groups is 1. The number of carbonyl (C=O) groups excluding carboxylic acids is 1. The maximum Gasteiger partial charge on any atom is 0.222 e. The minimum atomic E-state index is -1.82. The van der Waals surface area contributed by atoms with Crippen molar-refractivity contribution in [2.24, 2.45) is 10.9 Å². The number of benzene rings is 1. The van der Waals surface area contributed by atoms with Crippen LogP contribution < -0.4 is 20.4 Å². The van der Waals surface area contributed by atoms with Crippen LogP contribution in [0.4, 0.5) is 5.69 Å². The monoisotopic (exact) mass is 642 g/mol. The number of aliphatic imine (C=N–C) groups is 1. The second-order valence-corrected chi connectivity index (χ2v) is 12.7. The third kappa shape index (κ3) is 6.27. The van der Waals surface area contributed by atoms with Gasteiger partial charge in [0, 0.05) is 37.2 Å². The van der Waals surface area contributed by atoms with Crippen molar-refractivity contribution < 1.29 is 54.2 Å². The molecule has 0 spiro atoms. The highest BCUT2D eigenvalue weighted by Gasteiger charge is 2.47. The molecule has 14 heteroatoms. The highest BCUT2D eigenvalue weighted by Crippen LogP contribution is 2.45. The van der Waals surface area contributed by atoms with Crippen molar-refractivity contribution in [3.8, 4) is 5.75 Å². The van der Waals surface area contributed by atoms with E-state index < -0.39 is 49.3 Å². The van der Waals surface area contributed by atoms with Crippen LogP contribution >= 0.6 is 0 Å². The van der Waals surface area contributed by atoms with E-state index in [2.05, 4.69) is 10.3 Å². The molecule has 14 nitrogen and oxygen atoms in total. The zero-order valence-corrected chi connectivity index (χ0v) is 25.6. The molecular weight excluding hydrogens is 602 g/mol. The molecule has 1 aromatic carbocycles. The fourth-order valence-corrected chi connectivity index (χ4v) is 6.52. The fourth-order valence-electron chi connectivity index (χ4n) is 6.52. The Morgan fingerprint density at radius 2 is 1.93 bits per heavy atom. The van der Waals surface area contributed by atoms with E-state index in [1.165, 1.54) is 6.07 Å². The fraction of sp³-hybridized carbons (Fsp3) is 0.531. The van der Waals surface area contributed by atoms with Crippen molar-refractivity contribution in [1.82, 2.24) is 5.32 Å². The van der Waals surface area contributed by atoms with Crippen LogP contribution in [0.3, 0.4) is 0 Å². The van der Waals surface area contributed by atoms with E-state index in [9.17, 15) is 30.0 Å². The average Bonchev–Trinajstić information content (AvgIpc) is 3.75. The number of amides is 1. The quantitative estimate of drug-likeness (QED) is 0.109. The number of aliphatic hydroxyl groups excluding tert-OH is 5. The van der Waals surface area contributed by atoms with Crippen LogP contribution in [-0.4, -0.2) is 99.6 Å². The lowest BCUT2D eigenvalue weighted by molar-refractivity contribution is -0.759. The van der Waals surface area contributed by atoms with E-state index >= 15 is 0 Å². The maximum absolute atomic E-state index is 13.2. The molecule has 8 atom stereocenters. The molecule has 5 heterocycles. The first-order chi connectivity index (χ1) is 22.0. The number of allylic oxidation sites excluding steroid dienone is 1. The zero-order valence-electron chi connectivity index (χ0n) is 25.6. The van der Waals surface area contributed by atoms with E-state index in [1.807, 2.05) is 19.2 Å². The minimum Gasteiger partial charge on any atom is -0.478 e. The third-order valence-corrected chi connectivity index (χ3v) is 9.28. The summed E-state index contributed by atoms with van der Waals surface area (Å²) < 4.78 is 13.1. The Kier molecular flexibility index (Phi) is 9.15. The van der Waals surface area contributed by atoms with Crippen LogP contribution in [0.5, 0.6) is 5.75 Å². The molecule has 2 aromatic rings. The standard InChI is InChI=1S/C32H39N3O11/c1-16-7-22(37)20-9-19-10-25(46-43-15-24(39)29(42)28(41)23(38)14-36)32(2,5-3-17-8-26(40)34-11-17)45-30(19)27(31(20)44-16)35-12-18-4-6-33-21(18)13-35/h4,6-7,9,12,17,23-25,28-29,36,38-39,41-42H,3,5,8,10-11,13-15H2,1-2H3,(H,34,40)/p+1. The van der Waals surface area contributed by atoms with Gasteiger partial charge >= 0.3 is 0 Å². The summed E-state index contributed by atoms with van der Waals surface area (Å²) in [5.41, 5.74) is 2.46. The van der Waals surface area contributed by atoms with Crippen molar-refractivity contribution in [2.75, 3.05) is 26.3 Å². The van der Waals surface area contributed by atoms with Crippen molar-refractivity contribution >= 4 is 28.3 Å². The van der Waals surface area contributed by atoms with Gasteiger partial charge in [0.05, 0.1) is 17.6 Å². The number of nitrogens with zero attached hydrogens (tertiary/aromatic N) is 1. The Morgan fingerprint density at radius 1 is 1.15 bits per heavy atom. The molecule has 6 rings (SSSR count). The lowest BCUT2D eigenvalue weighted by Crippen LogP contribution is -3.01. The second-order valence-electron chi connectivity index (χ2n) is 12.7. The van der Waals surface area contributed by atoms with Crippen molar-refractivity contribution in [1.29, 1.82) is 0 Å². The lowest BCUT2D eigenvalue weighted by Gasteiger charge is -2.42. The average molecular weight is 643 g/mol. The van der Waals surface area contributed by atoms with E-state index in [-0.39, 0.29) is 23.7 Å². The third-order valence-electron chi connectivity index (χ3n) is 9.28. The number of ether oxygens (including phenoxy) is 1. The Balaban J connectivity index is 1.33. The Morgan fingerprint density at radius 3 is 2.65 bits per heavy atom. The highest BCUT2D eigenvalue weighted by molar-refractivity contribution is 6.07. The van der Waals surface area contributed by atoms with Gasteiger partial charge in [-0.05, 0) is 44.7 Å². The Labute approximate surface area is 264 Å². The maximum atomic E-state index is 13.2. The van der Waals surface area contributed by atoms with Crippen molar-refractivity contribution in [3.63, 3.8) is 0 Å². The molecule has 1 saturated heterocycles. The molecule has 0 radical (unpaired) electrons. The first kappa shape index (κ1) is 32.5. The summed E-state index contributed by atoms with van der Waals surface area (Å²) >= 11 is 0. The number of fused-ring (bicyclic) bond motifs is 3. The molecule has 7 N–H and O–H groups in total. The van der Waals surface area contributed by atoms with Crippen LogP contribution in [0, 0.1) is 12.8 Å². The van der Waals surface area contributed by atoms with Gasteiger partial charge in [0.25, 0.3) is 0 Å². The molecule has 0 bridgehead atoms. The molecule has 4 aliphatic rings. The van der Waals surface area contributed by atoms with E-state index in [4.69, 9.17) is 24.0 Å². The van der Waals surface area contributed by atoms with Crippen LogP contribution in [0.2, 0.25) is 0 Å². The molecule has 8 unspecified atom stereocenters. The van der Waals surface area contributed by atoms with Gasteiger partial charge in [-0.2, -0.15) is 0 Å². The van der Waals surface area contributed by atoms with Crippen molar-refractivity contribution in [2.45, 2.75) is 75.7 Å². The van der Waals surface area contributed by atoms with Gasteiger partial charge < -0.3 is 40.0 Å². The largest absolute Gasteiger partial charge is 0.478 e. The molecule has 0 aliphatic carbocycles. The Hall–Kier alpha value is -3.47. The summed E-state index contributed by atoms with van der Waals surface area (Å²) in [6, 6.07) is 3.18. The van der Waals surface area contributed by atoms with Gasteiger partial charge in [0.2, 0.25) is 17.2 Å². The molecule has 1 fully saturated rings. The number of nitrogens with one attached hydrogen (secondary N) is 2. The molecule has 1 aromatic heterocycles. The summed E-state index contributed by atoms with van der Waals surface area (Å²) in [4.78, 5) is 41.7. The molecule has 46 heavy (non-hydrogen) atoms. The van der Waals surface area contributed by atoms with Gasteiger partial charge in [0.15, 0.2) is 11.2 Å². The zero-order chi connectivity index (χ0) is 32.7. The first-order valence-electron chi connectivity index (χ1n) is 15.5. The summed E-state index contributed by atoms with van der Waals surface area (Å²) in [6.45, 7) is 3.31. The first-order valence-corrected chi connectivity index (χ1v) is 15.5. The summed E-state index contributed by atoms with van der Waals surface area (Å²) in [6.07, 6.45) is -0.235. The molecule has 248 valence electrons. The van der Waals surface area contributed by atoms with Crippen LogP contribution in [0.15, 0.2) is 50.4 Å². The van der Waals surface area contributed by atoms with E-state index in [0.717, 1.165) is 16.2 Å². The van der Waals surface area contributed by atoms with Crippen LogP contribution in [0.1, 0.15) is 37.5 Å². The summed E-state index contributed by atoms with van der Waals surface area (Å²) in [7, 11) is 0. The Bertz CT molecular complexity index is 1650. The second kappa shape index (κ2) is 13.0. The molecule has 4 aliphatic heterocycles. The summed E-state index contributed by atoms with van der Waals surface area (Å²) in [5.74, 6) is 1.11. The normalized spacial score (nSPS) is 27.8. The van der Waals surface area contributed by atoms with Crippen LogP contribution in [-0.2, 0) is 21.0 Å². The molecular formula is C32H40N3O11+. The number of hydrogen-bond acceptors (Lipinski definition) is 12. The number of rotatable bonds is 12. The SMILES string of the molecule is Cc1cc(=O)c2cc3c(c([NH+]4C=C5C=CN=C5C4)c2o1)OC(C)(CCC1CNC(=O)C1)C(OOCC(O)C(O)C(O)C(O)CO)C3. The van der Waals surface area contributed by atoms with E-state index in [0.29, 0.717) is 66.1 Å². The smallest absolute Gasteiger partial charge is 0.222 e. The van der Waals surface area contributed by atoms with Gasteiger partial charge in [-0.15, -0.1) is 0 Å². The number of aryl methyl sites for hydroxylation is 1. The van der Waals surface area contributed by atoms with Crippen molar-refractivity contribution in [3.05, 3.63) is 57.7 Å². The highest BCUT2D eigenvalue weighted by atomic mass is 17.2. The van der Waals surface area contributed by atoms with Crippen LogP contribution in [0.25, 0.3) is 11.0 Å². The number of quaternary nitrogens is 1. The van der Waals surface area contributed by atoms with Gasteiger partial charge in [-0.25, -0.2) is 9.78 Å². The predicted octanol–water partition coefficient (Wildman–Crippen LogP) is -1.15. The lowest BCUT2D eigenvalue weighted by atomic mass is 9.83. The van der Waals surface area contributed by atoms with Gasteiger partial charge in [-0.3, -0.25) is 19.5 Å². The topological polar surface area (TPSA) is 205 Å². The summed E-state index contributed by atoms with van der Waals surface area (Å²) in [5, 5.41) is 52.5. The number of aliphatic hydroxyl groups is 5.